The summed E-state index contributed by atoms with van der Waals surface area (Å²) in [7, 11) is 0. The standard InChI is InChI=1S/C30H60O10/c31-19-25(35)16-14-12-10-8-6-4-2-1-3-5-7-9-11-13-15-24(17-26(36)20-32)29(18-27(37)21-33)30(39)40-23-28(38)22-34/h24-29,31-38H,1-23H2. The molecule has 10 heteroatoms. The lowest BCUT2D eigenvalue weighted by atomic mass is 9.80. The van der Waals surface area contributed by atoms with Crippen LogP contribution < -0.4 is 0 Å². The first kappa shape index (κ1) is 39.1. The van der Waals surface area contributed by atoms with Crippen molar-refractivity contribution in [3.63, 3.8) is 0 Å². The van der Waals surface area contributed by atoms with E-state index in [-0.39, 0.29) is 32.0 Å². The van der Waals surface area contributed by atoms with Crippen molar-refractivity contribution < 1.29 is 50.4 Å². The van der Waals surface area contributed by atoms with Crippen molar-refractivity contribution >= 4 is 5.97 Å². The summed E-state index contributed by atoms with van der Waals surface area (Å²) in [5.74, 6) is -1.84. The van der Waals surface area contributed by atoms with Crippen LogP contribution in [0, 0.1) is 11.8 Å². The van der Waals surface area contributed by atoms with Crippen LogP contribution in [0.2, 0.25) is 0 Å². The van der Waals surface area contributed by atoms with Crippen molar-refractivity contribution in [1.82, 2.24) is 0 Å². The lowest BCUT2D eigenvalue weighted by Gasteiger charge is -2.29. The topological polar surface area (TPSA) is 188 Å². The van der Waals surface area contributed by atoms with Gasteiger partial charge in [0.25, 0.3) is 0 Å². The molecule has 10 nitrogen and oxygen atoms in total. The van der Waals surface area contributed by atoms with Crippen molar-refractivity contribution in [2.24, 2.45) is 11.8 Å². The molecular formula is C30H60O10. The Bertz CT molecular complexity index is 565. The zero-order valence-electron chi connectivity index (χ0n) is 24.6. The van der Waals surface area contributed by atoms with Crippen LogP contribution in [0.25, 0.3) is 0 Å². The first-order valence-electron chi connectivity index (χ1n) is 15.6. The van der Waals surface area contributed by atoms with Gasteiger partial charge in [-0.1, -0.05) is 89.9 Å². The van der Waals surface area contributed by atoms with Gasteiger partial charge in [0, 0.05) is 0 Å². The fourth-order valence-electron chi connectivity index (χ4n) is 5.09. The second-order valence-corrected chi connectivity index (χ2v) is 11.3. The van der Waals surface area contributed by atoms with Crippen LogP contribution in [-0.4, -0.2) is 104 Å². The predicted octanol–water partition coefficient (Wildman–Crippen LogP) is 2.20. The lowest BCUT2D eigenvalue weighted by molar-refractivity contribution is -0.156. The van der Waals surface area contributed by atoms with E-state index >= 15 is 0 Å². The van der Waals surface area contributed by atoms with Crippen molar-refractivity contribution in [3.8, 4) is 0 Å². The Balaban J connectivity index is 4.24. The second kappa shape index (κ2) is 27.0. The van der Waals surface area contributed by atoms with Crippen LogP contribution in [0.1, 0.15) is 116 Å². The Morgan fingerprint density at radius 1 is 0.475 bits per heavy atom. The van der Waals surface area contributed by atoms with E-state index in [0.717, 1.165) is 38.5 Å². The van der Waals surface area contributed by atoms with Crippen LogP contribution in [0.4, 0.5) is 0 Å². The van der Waals surface area contributed by atoms with Crippen molar-refractivity contribution in [3.05, 3.63) is 0 Å². The molecule has 0 aliphatic rings. The second-order valence-electron chi connectivity index (χ2n) is 11.3. The molecule has 0 aromatic carbocycles. The van der Waals surface area contributed by atoms with Crippen LogP contribution in [0.5, 0.6) is 0 Å². The van der Waals surface area contributed by atoms with Gasteiger partial charge in [0.05, 0.1) is 50.7 Å². The highest BCUT2D eigenvalue weighted by molar-refractivity contribution is 5.72. The van der Waals surface area contributed by atoms with Gasteiger partial charge in [-0.25, -0.2) is 0 Å². The summed E-state index contributed by atoms with van der Waals surface area (Å²) < 4.78 is 5.14. The summed E-state index contributed by atoms with van der Waals surface area (Å²) in [6.07, 6.45) is 13.4. The first-order valence-corrected chi connectivity index (χ1v) is 15.6. The summed E-state index contributed by atoms with van der Waals surface area (Å²) in [6.45, 7) is -2.04. The molecular weight excluding hydrogens is 520 g/mol. The Kier molecular flexibility index (Phi) is 26.4. The Morgan fingerprint density at radius 2 is 0.850 bits per heavy atom. The highest BCUT2D eigenvalue weighted by atomic mass is 16.5. The average Bonchev–Trinajstić information content (AvgIpc) is 2.96. The molecule has 0 amide bonds. The third-order valence-corrected chi connectivity index (χ3v) is 7.60. The van der Waals surface area contributed by atoms with E-state index in [1.807, 2.05) is 0 Å². The maximum Gasteiger partial charge on any atom is 0.309 e. The number of carbonyl (C=O) groups excluding carboxylic acids is 1. The smallest absolute Gasteiger partial charge is 0.309 e. The van der Waals surface area contributed by atoms with Gasteiger partial charge in [-0.3, -0.25) is 4.79 Å². The van der Waals surface area contributed by atoms with E-state index < -0.39 is 56.1 Å². The van der Waals surface area contributed by atoms with Crippen molar-refractivity contribution in [1.29, 1.82) is 0 Å². The molecule has 8 N–H and O–H groups in total. The molecule has 6 unspecified atom stereocenters. The lowest BCUT2D eigenvalue weighted by Crippen LogP contribution is -2.35. The number of esters is 1. The van der Waals surface area contributed by atoms with E-state index in [1.54, 1.807) is 0 Å². The highest BCUT2D eigenvalue weighted by Gasteiger charge is 2.33. The maximum absolute atomic E-state index is 12.8. The van der Waals surface area contributed by atoms with Gasteiger partial charge in [0.2, 0.25) is 0 Å². The molecule has 0 heterocycles. The number of carbonyl (C=O) groups is 1. The fourth-order valence-corrected chi connectivity index (χ4v) is 5.09. The number of hydrogen-bond donors (Lipinski definition) is 8. The SMILES string of the molecule is O=C(OCC(O)CO)C(CC(O)CO)C(CCCCCCCCCCCCCCCCC(O)CO)CC(O)CO. The van der Waals surface area contributed by atoms with Gasteiger partial charge in [0.15, 0.2) is 0 Å². The van der Waals surface area contributed by atoms with Gasteiger partial charge >= 0.3 is 5.97 Å². The van der Waals surface area contributed by atoms with E-state index in [4.69, 9.17) is 14.9 Å². The molecule has 0 saturated heterocycles. The molecule has 240 valence electrons. The molecule has 0 spiro atoms. The monoisotopic (exact) mass is 580 g/mol. The molecule has 0 rings (SSSR count). The molecule has 40 heavy (non-hydrogen) atoms. The van der Waals surface area contributed by atoms with E-state index in [0.29, 0.717) is 12.8 Å². The predicted molar refractivity (Wildman–Crippen MR) is 153 cm³/mol. The minimum absolute atomic E-state index is 0.0534. The number of aliphatic hydroxyl groups excluding tert-OH is 8. The van der Waals surface area contributed by atoms with Crippen molar-refractivity contribution in [2.45, 2.75) is 140 Å². The molecule has 0 aliphatic heterocycles. The quantitative estimate of drug-likeness (QED) is 0.0481. The summed E-state index contributed by atoms with van der Waals surface area (Å²) in [4.78, 5) is 12.8. The van der Waals surface area contributed by atoms with Gasteiger partial charge in [-0.05, 0) is 31.6 Å². The number of hydrogen-bond acceptors (Lipinski definition) is 10. The summed E-state index contributed by atoms with van der Waals surface area (Å²) in [5, 5.41) is 75.3. The molecule has 0 bridgehead atoms. The van der Waals surface area contributed by atoms with Crippen LogP contribution in [0.15, 0.2) is 0 Å². The molecule has 0 fully saturated rings. The van der Waals surface area contributed by atoms with E-state index in [1.165, 1.54) is 51.4 Å². The summed E-state index contributed by atoms with van der Waals surface area (Å²) in [6, 6.07) is 0. The first-order chi connectivity index (χ1) is 19.3. The summed E-state index contributed by atoms with van der Waals surface area (Å²) >= 11 is 0. The molecule has 0 radical (unpaired) electrons. The molecule has 0 saturated carbocycles. The Morgan fingerprint density at radius 3 is 1.27 bits per heavy atom. The average molecular weight is 581 g/mol. The minimum atomic E-state index is -1.20. The molecule has 0 aliphatic carbocycles. The zero-order chi connectivity index (χ0) is 30.0. The molecule has 0 aromatic rings. The van der Waals surface area contributed by atoms with Gasteiger partial charge in [0.1, 0.15) is 12.7 Å². The Hall–Kier alpha value is -0.850. The fraction of sp³-hybridized carbons (Fsp3) is 0.967. The highest BCUT2D eigenvalue weighted by Crippen LogP contribution is 2.30. The number of aliphatic hydroxyl groups is 8. The molecule has 6 atom stereocenters. The van der Waals surface area contributed by atoms with E-state index in [9.17, 15) is 35.4 Å². The van der Waals surface area contributed by atoms with Crippen LogP contribution >= 0.6 is 0 Å². The number of unbranched alkanes of at least 4 members (excludes halogenated alkanes) is 13. The zero-order valence-corrected chi connectivity index (χ0v) is 24.6. The third kappa shape index (κ3) is 21.8. The van der Waals surface area contributed by atoms with Crippen LogP contribution in [0.3, 0.4) is 0 Å². The largest absolute Gasteiger partial charge is 0.463 e. The third-order valence-electron chi connectivity index (χ3n) is 7.60. The Labute approximate surface area is 241 Å². The minimum Gasteiger partial charge on any atom is -0.463 e. The van der Waals surface area contributed by atoms with E-state index in [2.05, 4.69) is 0 Å². The normalized spacial score (nSPS) is 16.3. The van der Waals surface area contributed by atoms with Crippen molar-refractivity contribution in [2.75, 3.05) is 33.0 Å². The molecule has 0 aromatic heterocycles. The van der Waals surface area contributed by atoms with Gasteiger partial charge in [-0.2, -0.15) is 0 Å². The van der Waals surface area contributed by atoms with Gasteiger partial charge in [-0.15, -0.1) is 0 Å². The summed E-state index contributed by atoms with van der Waals surface area (Å²) in [5.41, 5.74) is 0. The maximum atomic E-state index is 12.8. The van der Waals surface area contributed by atoms with Crippen LogP contribution in [-0.2, 0) is 9.53 Å². The van der Waals surface area contributed by atoms with Gasteiger partial charge < -0.3 is 45.6 Å². The number of rotatable bonds is 29. The number of ether oxygens (including phenoxy) is 1.